The fourth-order valence-corrected chi connectivity index (χ4v) is 3.21. The molecular formula is C11H16N2O2S. The third-order valence-electron chi connectivity index (χ3n) is 3.12. The van der Waals surface area contributed by atoms with Gasteiger partial charge in [0.15, 0.2) is 0 Å². The molecule has 1 fully saturated rings. The van der Waals surface area contributed by atoms with Gasteiger partial charge in [-0.25, -0.2) is 4.98 Å². The van der Waals surface area contributed by atoms with Crippen LogP contribution < -0.4 is 5.73 Å². The standard InChI is InChI=1S/C11H16N2O2S/c1-6(2)9-13-5-8(16-9)11(10(14)15)3-7(12)4-11/h5-7H,3-4,12H2,1-2H3,(H,14,15). The Labute approximate surface area is 98.5 Å². The smallest absolute Gasteiger partial charge is 0.315 e. The van der Waals surface area contributed by atoms with Crippen LogP contribution in [0.25, 0.3) is 0 Å². The van der Waals surface area contributed by atoms with E-state index >= 15 is 0 Å². The van der Waals surface area contributed by atoms with Crippen LogP contribution in [-0.2, 0) is 10.2 Å². The van der Waals surface area contributed by atoms with Gasteiger partial charge in [0.05, 0.1) is 5.01 Å². The van der Waals surface area contributed by atoms with Gasteiger partial charge < -0.3 is 10.8 Å². The van der Waals surface area contributed by atoms with Crippen LogP contribution in [0.4, 0.5) is 0 Å². The first-order valence-electron chi connectivity index (χ1n) is 5.41. The Bertz CT molecular complexity index is 408. The lowest BCUT2D eigenvalue weighted by Gasteiger charge is -2.41. The highest BCUT2D eigenvalue weighted by Crippen LogP contribution is 2.46. The minimum atomic E-state index is -0.770. The van der Waals surface area contributed by atoms with E-state index in [1.54, 1.807) is 6.20 Å². The Morgan fingerprint density at radius 3 is 2.69 bits per heavy atom. The normalized spacial score (nSPS) is 29.1. The van der Waals surface area contributed by atoms with Gasteiger partial charge in [-0.1, -0.05) is 13.8 Å². The van der Waals surface area contributed by atoms with Crippen molar-refractivity contribution in [3.05, 3.63) is 16.1 Å². The maximum atomic E-state index is 11.4. The molecular weight excluding hydrogens is 224 g/mol. The van der Waals surface area contributed by atoms with Gasteiger partial charge in [-0.2, -0.15) is 0 Å². The van der Waals surface area contributed by atoms with Crippen LogP contribution in [0.1, 0.15) is 42.5 Å². The van der Waals surface area contributed by atoms with E-state index < -0.39 is 11.4 Å². The van der Waals surface area contributed by atoms with Crippen LogP contribution in [0.3, 0.4) is 0 Å². The average Bonchev–Trinajstić information content (AvgIpc) is 2.60. The van der Waals surface area contributed by atoms with Crippen LogP contribution in [0, 0.1) is 0 Å². The Morgan fingerprint density at radius 2 is 2.31 bits per heavy atom. The van der Waals surface area contributed by atoms with E-state index in [-0.39, 0.29) is 6.04 Å². The van der Waals surface area contributed by atoms with Crippen LogP contribution in [-0.4, -0.2) is 22.1 Å². The van der Waals surface area contributed by atoms with E-state index in [2.05, 4.69) is 18.8 Å². The number of nitrogens with two attached hydrogens (primary N) is 1. The van der Waals surface area contributed by atoms with Crippen LogP contribution >= 0.6 is 11.3 Å². The summed E-state index contributed by atoms with van der Waals surface area (Å²) < 4.78 is 0. The molecule has 0 amide bonds. The number of aliphatic carboxylic acids is 1. The maximum absolute atomic E-state index is 11.4. The van der Waals surface area contributed by atoms with Crippen molar-refractivity contribution in [2.24, 2.45) is 5.73 Å². The molecule has 4 nitrogen and oxygen atoms in total. The monoisotopic (exact) mass is 240 g/mol. The molecule has 1 aliphatic carbocycles. The molecule has 1 aliphatic rings. The molecule has 16 heavy (non-hydrogen) atoms. The summed E-state index contributed by atoms with van der Waals surface area (Å²) in [5.41, 5.74) is 4.96. The lowest BCUT2D eigenvalue weighted by atomic mass is 9.65. The molecule has 88 valence electrons. The highest BCUT2D eigenvalue weighted by Gasteiger charge is 2.51. The molecule has 1 heterocycles. The molecule has 5 heteroatoms. The number of rotatable bonds is 3. The SMILES string of the molecule is CC(C)c1ncc(C2(C(=O)O)CC(N)C2)s1. The molecule has 0 bridgehead atoms. The number of carboxylic acid groups (broad SMARTS) is 1. The van der Waals surface area contributed by atoms with Crippen molar-refractivity contribution < 1.29 is 9.90 Å². The summed E-state index contributed by atoms with van der Waals surface area (Å²) in [5, 5.41) is 10.3. The Kier molecular flexibility index (Phi) is 2.75. The van der Waals surface area contributed by atoms with E-state index in [4.69, 9.17) is 5.73 Å². The van der Waals surface area contributed by atoms with Crippen molar-refractivity contribution in [1.29, 1.82) is 0 Å². The van der Waals surface area contributed by atoms with Crippen molar-refractivity contribution in [2.45, 2.75) is 44.1 Å². The summed E-state index contributed by atoms with van der Waals surface area (Å²) in [5.74, 6) is -0.425. The second kappa shape index (κ2) is 3.82. The van der Waals surface area contributed by atoms with Gasteiger partial charge in [0.25, 0.3) is 0 Å². The van der Waals surface area contributed by atoms with Crippen molar-refractivity contribution in [2.75, 3.05) is 0 Å². The van der Waals surface area contributed by atoms with E-state index in [1.807, 2.05) is 0 Å². The van der Waals surface area contributed by atoms with Gasteiger partial charge in [0.1, 0.15) is 5.41 Å². The minimum absolute atomic E-state index is 0.0145. The molecule has 1 saturated carbocycles. The predicted octanol–water partition coefficient (Wildman–Crippen LogP) is 1.71. The molecule has 1 aromatic heterocycles. The third kappa shape index (κ3) is 1.64. The van der Waals surface area contributed by atoms with Gasteiger partial charge in [-0.15, -0.1) is 11.3 Å². The van der Waals surface area contributed by atoms with Gasteiger partial charge >= 0.3 is 5.97 Å². The first-order valence-corrected chi connectivity index (χ1v) is 6.22. The molecule has 0 spiro atoms. The third-order valence-corrected chi connectivity index (χ3v) is 4.62. The lowest BCUT2D eigenvalue weighted by Crippen LogP contribution is -2.53. The lowest BCUT2D eigenvalue weighted by molar-refractivity contribution is -0.148. The first kappa shape index (κ1) is 11.5. The first-order chi connectivity index (χ1) is 7.45. The number of aromatic nitrogens is 1. The summed E-state index contributed by atoms with van der Waals surface area (Å²) in [6.45, 7) is 4.12. The fraction of sp³-hybridized carbons (Fsp3) is 0.636. The van der Waals surface area contributed by atoms with Gasteiger partial charge in [0.2, 0.25) is 0 Å². The highest BCUT2D eigenvalue weighted by molar-refractivity contribution is 7.12. The summed E-state index contributed by atoms with van der Waals surface area (Å²) in [6, 6.07) is 0.0145. The van der Waals surface area contributed by atoms with Gasteiger partial charge in [-0.3, -0.25) is 4.79 Å². The molecule has 3 N–H and O–H groups in total. The average molecular weight is 240 g/mol. The zero-order valence-electron chi connectivity index (χ0n) is 9.43. The zero-order valence-corrected chi connectivity index (χ0v) is 10.3. The molecule has 0 aromatic carbocycles. The Balaban J connectivity index is 2.30. The molecule has 0 aliphatic heterocycles. The quantitative estimate of drug-likeness (QED) is 0.843. The van der Waals surface area contributed by atoms with E-state index in [1.165, 1.54) is 11.3 Å². The molecule has 0 unspecified atom stereocenters. The molecule has 1 aromatic rings. The Morgan fingerprint density at radius 1 is 1.69 bits per heavy atom. The maximum Gasteiger partial charge on any atom is 0.315 e. The van der Waals surface area contributed by atoms with Crippen LogP contribution in [0.5, 0.6) is 0 Å². The summed E-state index contributed by atoms with van der Waals surface area (Å²) in [6.07, 6.45) is 2.77. The Hall–Kier alpha value is -0.940. The minimum Gasteiger partial charge on any atom is -0.481 e. The highest BCUT2D eigenvalue weighted by atomic mass is 32.1. The number of carboxylic acids is 1. The second-order valence-electron chi connectivity index (χ2n) is 4.77. The topological polar surface area (TPSA) is 76.2 Å². The van der Waals surface area contributed by atoms with Gasteiger partial charge in [0, 0.05) is 23.0 Å². The number of carbonyl (C=O) groups is 1. The van der Waals surface area contributed by atoms with Crippen molar-refractivity contribution in [1.82, 2.24) is 4.98 Å². The largest absolute Gasteiger partial charge is 0.481 e. The van der Waals surface area contributed by atoms with E-state index in [9.17, 15) is 9.90 Å². The van der Waals surface area contributed by atoms with E-state index in [0.717, 1.165) is 9.88 Å². The fourth-order valence-electron chi connectivity index (χ4n) is 2.09. The second-order valence-corrected chi connectivity index (χ2v) is 5.84. The summed E-state index contributed by atoms with van der Waals surface area (Å²) in [4.78, 5) is 16.5. The number of thiazole rings is 1. The van der Waals surface area contributed by atoms with Crippen molar-refractivity contribution in [3.8, 4) is 0 Å². The van der Waals surface area contributed by atoms with Gasteiger partial charge in [-0.05, 0) is 12.8 Å². The predicted molar refractivity (Wildman–Crippen MR) is 62.7 cm³/mol. The van der Waals surface area contributed by atoms with Crippen LogP contribution in [0.2, 0.25) is 0 Å². The number of hydrogen-bond acceptors (Lipinski definition) is 4. The number of hydrogen-bond donors (Lipinski definition) is 2. The summed E-state index contributed by atoms with van der Waals surface area (Å²) >= 11 is 1.51. The molecule has 0 saturated heterocycles. The van der Waals surface area contributed by atoms with Crippen molar-refractivity contribution >= 4 is 17.3 Å². The van der Waals surface area contributed by atoms with Crippen molar-refractivity contribution in [3.63, 3.8) is 0 Å². The summed E-state index contributed by atoms with van der Waals surface area (Å²) in [7, 11) is 0. The zero-order chi connectivity index (χ0) is 11.9. The molecule has 0 atom stereocenters. The molecule has 2 rings (SSSR count). The number of nitrogens with zero attached hydrogens (tertiary/aromatic N) is 1. The molecule has 0 radical (unpaired) electrons. The van der Waals surface area contributed by atoms with Crippen LogP contribution in [0.15, 0.2) is 6.20 Å². The van der Waals surface area contributed by atoms with E-state index in [0.29, 0.717) is 18.8 Å².